The van der Waals surface area contributed by atoms with Gasteiger partial charge in [0.2, 0.25) is 5.91 Å². The van der Waals surface area contributed by atoms with Crippen LogP contribution in [0.4, 0.5) is 10.1 Å². The van der Waals surface area contributed by atoms with Crippen molar-refractivity contribution in [2.24, 2.45) is 0 Å². The summed E-state index contributed by atoms with van der Waals surface area (Å²) in [5.74, 6) is -1.17. The molecular weight excluding hydrogens is 283 g/mol. The molecule has 2 aromatic rings. The number of hydrogen-bond acceptors (Lipinski definition) is 2. The van der Waals surface area contributed by atoms with Crippen molar-refractivity contribution >= 4 is 17.5 Å². The van der Waals surface area contributed by atoms with Crippen LogP contribution >= 0.6 is 0 Å². The van der Waals surface area contributed by atoms with Gasteiger partial charge in [0, 0.05) is 11.3 Å². The number of carbonyl (C=O) groups excluding carboxylic acids is 2. The van der Waals surface area contributed by atoms with Crippen molar-refractivity contribution in [1.82, 2.24) is 5.32 Å². The van der Waals surface area contributed by atoms with E-state index in [0.29, 0.717) is 11.3 Å². The van der Waals surface area contributed by atoms with E-state index in [1.165, 1.54) is 12.1 Å². The molecule has 114 valence electrons. The van der Waals surface area contributed by atoms with Crippen LogP contribution in [0.5, 0.6) is 0 Å². The SMILES string of the molecule is Cc1ccc(F)cc1NC(=O)C(C)NC(=O)c1ccccc1. The second-order valence-electron chi connectivity index (χ2n) is 5.01. The number of hydrogen-bond donors (Lipinski definition) is 2. The van der Waals surface area contributed by atoms with Gasteiger partial charge < -0.3 is 10.6 Å². The molecule has 0 radical (unpaired) electrons. The monoisotopic (exact) mass is 300 g/mol. The minimum absolute atomic E-state index is 0.334. The normalized spacial score (nSPS) is 11.6. The van der Waals surface area contributed by atoms with Crippen molar-refractivity contribution < 1.29 is 14.0 Å². The molecule has 5 heteroatoms. The lowest BCUT2D eigenvalue weighted by molar-refractivity contribution is -0.117. The number of amides is 2. The van der Waals surface area contributed by atoms with Crippen LogP contribution in [0.1, 0.15) is 22.8 Å². The fourth-order valence-corrected chi connectivity index (χ4v) is 1.90. The Kier molecular flexibility index (Phi) is 4.88. The third kappa shape index (κ3) is 3.91. The summed E-state index contributed by atoms with van der Waals surface area (Å²) in [5, 5.41) is 5.22. The predicted molar refractivity (Wildman–Crippen MR) is 83.1 cm³/mol. The molecule has 0 heterocycles. The zero-order valence-electron chi connectivity index (χ0n) is 12.4. The number of anilines is 1. The third-order valence-electron chi connectivity index (χ3n) is 3.23. The molecule has 2 amide bonds. The van der Waals surface area contributed by atoms with Crippen molar-refractivity contribution in [3.8, 4) is 0 Å². The Labute approximate surface area is 128 Å². The van der Waals surface area contributed by atoms with Gasteiger partial charge in [-0.25, -0.2) is 4.39 Å². The molecular formula is C17H17FN2O2. The largest absolute Gasteiger partial charge is 0.341 e. The molecule has 0 aromatic heterocycles. The van der Waals surface area contributed by atoms with E-state index in [0.717, 1.165) is 5.56 Å². The van der Waals surface area contributed by atoms with Crippen LogP contribution in [0.2, 0.25) is 0 Å². The van der Waals surface area contributed by atoms with Gasteiger partial charge in [-0.1, -0.05) is 24.3 Å². The molecule has 0 saturated heterocycles. The number of halogens is 1. The van der Waals surface area contributed by atoms with Crippen molar-refractivity contribution in [2.75, 3.05) is 5.32 Å². The lowest BCUT2D eigenvalue weighted by Gasteiger charge is -2.15. The summed E-state index contributed by atoms with van der Waals surface area (Å²) in [6, 6.07) is 12.0. The number of nitrogens with one attached hydrogen (secondary N) is 2. The summed E-state index contributed by atoms with van der Waals surface area (Å²) in [4.78, 5) is 24.1. The molecule has 0 aliphatic heterocycles. The zero-order valence-corrected chi connectivity index (χ0v) is 12.4. The Morgan fingerprint density at radius 3 is 2.45 bits per heavy atom. The highest BCUT2D eigenvalue weighted by Crippen LogP contribution is 2.16. The van der Waals surface area contributed by atoms with Crippen molar-refractivity contribution in [3.63, 3.8) is 0 Å². The minimum atomic E-state index is -0.740. The van der Waals surface area contributed by atoms with Crippen LogP contribution in [0.15, 0.2) is 48.5 Å². The van der Waals surface area contributed by atoms with E-state index >= 15 is 0 Å². The second kappa shape index (κ2) is 6.85. The smallest absolute Gasteiger partial charge is 0.251 e. The molecule has 2 rings (SSSR count). The molecule has 0 fully saturated rings. The Morgan fingerprint density at radius 1 is 1.09 bits per heavy atom. The van der Waals surface area contributed by atoms with E-state index in [1.807, 2.05) is 0 Å². The van der Waals surface area contributed by atoms with Crippen LogP contribution in [-0.4, -0.2) is 17.9 Å². The number of carbonyl (C=O) groups is 2. The van der Waals surface area contributed by atoms with Gasteiger partial charge in [0.1, 0.15) is 11.9 Å². The first-order chi connectivity index (χ1) is 10.5. The van der Waals surface area contributed by atoms with Crippen LogP contribution in [-0.2, 0) is 4.79 Å². The van der Waals surface area contributed by atoms with E-state index in [1.54, 1.807) is 50.2 Å². The summed E-state index contributed by atoms with van der Waals surface area (Å²) in [5.41, 5.74) is 1.62. The Hall–Kier alpha value is -2.69. The summed E-state index contributed by atoms with van der Waals surface area (Å²) < 4.78 is 13.2. The molecule has 22 heavy (non-hydrogen) atoms. The summed E-state index contributed by atoms with van der Waals surface area (Å²) >= 11 is 0. The van der Waals surface area contributed by atoms with Crippen LogP contribution in [0, 0.1) is 12.7 Å². The van der Waals surface area contributed by atoms with E-state index in [2.05, 4.69) is 10.6 Å². The molecule has 0 bridgehead atoms. The van der Waals surface area contributed by atoms with E-state index in [4.69, 9.17) is 0 Å². The highest BCUT2D eigenvalue weighted by Gasteiger charge is 2.17. The maximum Gasteiger partial charge on any atom is 0.251 e. The average Bonchev–Trinajstić information content (AvgIpc) is 2.51. The van der Waals surface area contributed by atoms with Crippen LogP contribution in [0.25, 0.3) is 0 Å². The van der Waals surface area contributed by atoms with Gasteiger partial charge in [0.25, 0.3) is 5.91 Å². The maximum absolute atomic E-state index is 13.2. The summed E-state index contributed by atoms with van der Waals surface area (Å²) in [6.07, 6.45) is 0. The average molecular weight is 300 g/mol. The Bertz CT molecular complexity index is 686. The lowest BCUT2D eigenvalue weighted by atomic mass is 10.1. The van der Waals surface area contributed by atoms with Gasteiger partial charge in [0.15, 0.2) is 0 Å². The molecule has 2 N–H and O–H groups in total. The highest BCUT2D eigenvalue weighted by atomic mass is 19.1. The molecule has 4 nitrogen and oxygen atoms in total. The topological polar surface area (TPSA) is 58.2 Å². The van der Waals surface area contributed by atoms with Gasteiger partial charge in [-0.2, -0.15) is 0 Å². The highest BCUT2D eigenvalue weighted by molar-refractivity contribution is 6.01. The van der Waals surface area contributed by atoms with E-state index < -0.39 is 17.8 Å². The third-order valence-corrected chi connectivity index (χ3v) is 3.23. The summed E-state index contributed by atoms with van der Waals surface area (Å²) in [7, 11) is 0. The molecule has 0 aliphatic rings. The first-order valence-corrected chi connectivity index (χ1v) is 6.90. The van der Waals surface area contributed by atoms with Crippen LogP contribution < -0.4 is 10.6 Å². The van der Waals surface area contributed by atoms with Gasteiger partial charge >= 0.3 is 0 Å². The standard InChI is InChI=1S/C17H17FN2O2/c1-11-8-9-14(18)10-15(11)20-16(21)12(2)19-17(22)13-6-4-3-5-7-13/h3-10,12H,1-2H3,(H,19,22)(H,20,21). The van der Waals surface area contributed by atoms with Gasteiger partial charge in [-0.05, 0) is 43.7 Å². The van der Waals surface area contributed by atoms with Gasteiger partial charge in [-0.3, -0.25) is 9.59 Å². The second-order valence-corrected chi connectivity index (χ2v) is 5.01. The number of benzene rings is 2. The van der Waals surface area contributed by atoms with Crippen molar-refractivity contribution in [1.29, 1.82) is 0 Å². The van der Waals surface area contributed by atoms with Gasteiger partial charge in [-0.15, -0.1) is 0 Å². The molecule has 2 aromatic carbocycles. The van der Waals surface area contributed by atoms with E-state index in [-0.39, 0.29) is 5.91 Å². The Morgan fingerprint density at radius 2 is 1.77 bits per heavy atom. The van der Waals surface area contributed by atoms with Crippen LogP contribution in [0.3, 0.4) is 0 Å². The van der Waals surface area contributed by atoms with Gasteiger partial charge in [0.05, 0.1) is 0 Å². The Balaban J connectivity index is 2.00. The summed E-state index contributed by atoms with van der Waals surface area (Å²) in [6.45, 7) is 3.34. The first-order valence-electron chi connectivity index (χ1n) is 6.90. The first kappa shape index (κ1) is 15.7. The van der Waals surface area contributed by atoms with E-state index in [9.17, 15) is 14.0 Å². The van der Waals surface area contributed by atoms with Crippen molar-refractivity contribution in [3.05, 3.63) is 65.5 Å². The molecule has 0 aliphatic carbocycles. The fraction of sp³-hybridized carbons (Fsp3) is 0.176. The maximum atomic E-state index is 13.2. The number of aryl methyl sites for hydroxylation is 1. The molecule has 0 spiro atoms. The molecule has 1 unspecified atom stereocenters. The fourth-order valence-electron chi connectivity index (χ4n) is 1.90. The van der Waals surface area contributed by atoms with Crippen molar-refractivity contribution in [2.45, 2.75) is 19.9 Å². The minimum Gasteiger partial charge on any atom is -0.341 e. The quantitative estimate of drug-likeness (QED) is 0.912. The predicted octanol–water partition coefficient (Wildman–Crippen LogP) is 2.89. The molecule has 1 atom stereocenters. The molecule has 0 saturated carbocycles. The zero-order chi connectivity index (χ0) is 16.1. The lowest BCUT2D eigenvalue weighted by Crippen LogP contribution is -2.41. The number of rotatable bonds is 4.